The molecule has 0 heterocycles. The second-order valence-electron chi connectivity index (χ2n) is 8.35. The Hall–Kier alpha value is -1.12. The van der Waals surface area contributed by atoms with E-state index in [4.69, 9.17) is 4.74 Å². The summed E-state index contributed by atoms with van der Waals surface area (Å²) in [5, 5.41) is 0. The van der Waals surface area contributed by atoms with Crippen molar-refractivity contribution in [1.29, 1.82) is 0 Å². The maximum atomic E-state index is 12.0. The lowest BCUT2D eigenvalue weighted by Crippen LogP contribution is -2.24. The number of allylic oxidation sites excluding steroid dienone is 2. The van der Waals surface area contributed by atoms with Crippen LogP contribution in [0.25, 0.3) is 0 Å². The van der Waals surface area contributed by atoms with Gasteiger partial charge in [-0.05, 0) is 45.4 Å². The van der Waals surface area contributed by atoms with Gasteiger partial charge in [-0.1, -0.05) is 96.6 Å². The molecule has 0 saturated heterocycles. The van der Waals surface area contributed by atoms with Crippen LogP contribution >= 0.6 is 0 Å². The highest BCUT2D eigenvalue weighted by atomic mass is 16.5. The molecule has 0 saturated carbocycles. The van der Waals surface area contributed by atoms with Crippen LogP contribution in [0, 0.1) is 0 Å². The number of carbonyl (C=O) groups is 2. The van der Waals surface area contributed by atoms with Gasteiger partial charge in [0.25, 0.3) is 0 Å². The summed E-state index contributed by atoms with van der Waals surface area (Å²) in [5.41, 5.74) is 0. The molecule has 0 aromatic heterocycles. The van der Waals surface area contributed by atoms with Crippen molar-refractivity contribution in [3.8, 4) is 0 Å². The molecule has 0 aliphatic rings. The molecule has 0 amide bonds. The zero-order chi connectivity index (χ0) is 21.6. The van der Waals surface area contributed by atoms with E-state index in [1.165, 1.54) is 64.2 Å². The van der Waals surface area contributed by atoms with Crippen molar-refractivity contribution >= 4 is 11.8 Å². The van der Waals surface area contributed by atoms with Crippen LogP contribution in [-0.4, -0.2) is 17.9 Å². The van der Waals surface area contributed by atoms with Gasteiger partial charge in [0, 0.05) is 6.42 Å². The predicted molar refractivity (Wildman–Crippen MR) is 124 cm³/mol. The number of esters is 1. The zero-order valence-electron chi connectivity index (χ0n) is 19.7. The monoisotopic (exact) mass is 408 g/mol. The minimum absolute atomic E-state index is 0.112. The van der Waals surface area contributed by atoms with E-state index in [1.54, 1.807) is 0 Å². The van der Waals surface area contributed by atoms with Gasteiger partial charge in [0.1, 0.15) is 6.10 Å². The van der Waals surface area contributed by atoms with E-state index < -0.39 is 5.97 Å². The Kier molecular flexibility index (Phi) is 20.8. The molecule has 0 spiro atoms. The van der Waals surface area contributed by atoms with Gasteiger partial charge in [0.15, 0.2) is 0 Å². The first-order valence-electron chi connectivity index (χ1n) is 12.5. The summed E-state index contributed by atoms with van der Waals surface area (Å²) in [5.74, 6) is -0.960. The first kappa shape index (κ1) is 27.9. The van der Waals surface area contributed by atoms with Gasteiger partial charge in [-0.2, -0.15) is 0 Å². The molecule has 0 bridgehead atoms. The second kappa shape index (κ2) is 21.6. The predicted octanol–water partition coefficient (Wildman–Crippen LogP) is 8.11. The lowest BCUT2D eigenvalue weighted by molar-refractivity contribution is -0.158. The van der Waals surface area contributed by atoms with Gasteiger partial charge in [-0.25, -0.2) is 4.79 Å². The number of ether oxygens (including phenoxy) is 1. The van der Waals surface area contributed by atoms with Crippen LogP contribution < -0.4 is 0 Å². The molecule has 0 aromatic carbocycles. The molecule has 3 heteroatoms. The Morgan fingerprint density at radius 3 is 1.83 bits per heavy atom. The molecule has 170 valence electrons. The van der Waals surface area contributed by atoms with Gasteiger partial charge in [0.2, 0.25) is 5.78 Å². The fourth-order valence-corrected chi connectivity index (χ4v) is 3.59. The molecule has 1 atom stereocenters. The van der Waals surface area contributed by atoms with Crippen LogP contribution in [-0.2, 0) is 14.3 Å². The molecule has 29 heavy (non-hydrogen) atoms. The maximum Gasteiger partial charge on any atom is 0.374 e. The van der Waals surface area contributed by atoms with E-state index in [9.17, 15) is 9.59 Å². The van der Waals surface area contributed by atoms with Crippen LogP contribution in [0.2, 0.25) is 0 Å². The van der Waals surface area contributed by atoms with E-state index >= 15 is 0 Å². The first-order chi connectivity index (χ1) is 14.2. The standard InChI is InChI=1S/C26H48O3/c1-4-7-9-11-12-13-14-15-16-17-19-21-23-25(27)26(28)29-24(6-3)22-20-18-10-8-5-2/h5,8,24H,4,6-7,9-23H2,1-3H3/b8-5+. The second-order valence-corrected chi connectivity index (χ2v) is 8.35. The summed E-state index contributed by atoms with van der Waals surface area (Å²) in [4.78, 5) is 24.0. The third-order valence-corrected chi connectivity index (χ3v) is 5.60. The highest BCUT2D eigenvalue weighted by Gasteiger charge is 2.19. The molecule has 0 fully saturated rings. The van der Waals surface area contributed by atoms with Crippen LogP contribution in [0.5, 0.6) is 0 Å². The largest absolute Gasteiger partial charge is 0.457 e. The Morgan fingerprint density at radius 1 is 0.759 bits per heavy atom. The molecular formula is C26H48O3. The van der Waals surface area contributed by atoms with Crippen molar-refractivity contribution in [3.05, 3.63) is 12.2 Å². The molecule has 0 N–H and O–H groups in total. The van der Waals surface area contributed by atoms with Crippen LogP contribution in [0.3, 0.4) is 0 Å². The molecule has 0 radical (unpaired) electrons. The average molecular weight is 409 g/mol. The lowest BCUT2D eigenvalue weighted by atomic mass is 10.0. The first-order valence-corrected chi connectivity index (χ1v) is 12.5. The molecule has 1 unspecified atom stereocenters. The number of Topliss-reactive ketones (excluding diaryl/α,β-unsaturated/α-hetero) is 1. The van der Waals surface area contributed by atoms with E-state index in [2.05, 4.69) is 19.1 Å². The molecule has 0 aliphatic carbocycles. The molecule has 0 rings (SSSR count). The van der Waals surface area contributed by atoms with Crippen LogP contribution in [0.1, 0.15) is 136 Å². The van der Waals surface area contributed by atoms with Crippen LogP contribution in [0.15, 0.2) is 12.2 Å². The summed E-state index contributed by atoms with van der Waals surface area (Å²) < 4.78 is 5.42. The molecule has 0 aliphatic heterocycles. The van der Waals surface area contributed by atoms with E-state index in [0.29, 0.717) is 6.42 Å². The van der Waals surface area contributed by atoms with Gasteiger partial charge in [-0.15, -0.1) is 0 Å². The zero-order valence-corrected chi connectivity index (χ0v) is 19.7. The molecule has 0 aromatic rings. The third-order valence-electron chi connectivity index (χ3n) is 5.60. The number of unbranched alkanes of at least 4 members (excludes halogenated alkanes) is 13. The van der Waals surface area contributed by atoms with E-state index in [-0.39, 0.29) is 11.9 Å². The maximum absolute atomic E-state index is 12.0. The average Bonchev–Trinajstić information content (AvgIpc) is 2.73. The topological polar surface area (TPSA) is 43.4 Å². The molecular weight excluding hydrogens is 360 g/mol. The van der Waals surface area contributed by atoms with Gasteiger partial charge in [-0.3, -0.25) is 4.79 Å². The van der Waals surface area contributed by atoms with E-state index in [0.717, 1.165) is 44.9 Å². The summed E-state index contributed by atoms with van der Waals surface area (Å²) >= 11 is 0. The number of hydrogen-bond donors (Lipinski definition) is 0. The summed E-state index contributed by atoms with van der Waals surface area (Å²) in [6.45, 7) is 6.30. The quantitative estimate of drug-likeness (QED) is 0.0833. The summed E-state index contributed by atoms with van der Waals surface area (Å²) in [7, 11) is 0. The highest BCUT2D eigenvalue weighted by molar-refractivity contribution is 6.33. The van der Waals surface area contributed by atoms with Crippen molar-refractivity contribution in [2.24, 2.45) is 0 Å². The minimum atomic E-state index is -0.617. The fraction of sp³-hybridized carbons (Fsp3) is 0.846. The number of ketones is 1. The summed E-state index contributed by atoms with van der Waals surface area (Å²) in [6.07, 6.45) is 24.4. The molecule has 3 nitrogen and oxygen atoms in total. The normalized spacial score (nSPS) is 12.4. The lowest BCUT2D eigenvalue weighted by Gasteiger charge is -2.15. The highest BCUT2D eigenvalue weighted by Crippen LogP contribution is 2.14. The van der Waals surface area contributed by atoms with Crippen molar-refractivity contribution < 1.29 is 14.3 Å². The Bertz CT molecular complexity index is 414. The Labute approximate surface area is 181 Å². The minimum Gasteiger partial charge on any atom is -0.457 e. The fourth-order valence-electron chi connectivity index (χ4n) is 3.59. The number of rotatable bonds is 21. The number of carbonyl (C=O) groups excluding carboxylic acids is 2. The van der Waals surface area contributed by atoms with Crippen molar-refractivity contribution in [1.82, 2.24) is 0 Å². The SMILES string of the molecule is C/C=C/CCCCC(CC)OC(=O)C(=O)CCCCCCCCCCCCCC. The van der Waals surface area contributed by atoms with Crippen molar-refractivity contribution in [2.45, 2.75) is 142 Å². The Balaban J connectivity index is 3.61. The van der Waals surface area contributed by atoms with E-state index in [1.807, 2.05) is 13.8 Å². The van der Waals surface area contributed by atoms with Gasteiger partial charge >= 0.3 is 5.97 Å². The van der Waals surface area contributed by atoms with Gasteiger partial charge < -0.3 is 4.74 Å². The summed E-state index contributed by atoms with van der Waals surface area (Å²) in [6, 6.07) is 0. The van der Waals surface area contributed by atoms with Crippen molar-refractivity contribution in [2.75, 3.05) is 0 Å². The number of hydrogen-bond acceptors (Lipinski definition) is 3. The Morgan fingerprint density at radius 2 is 1.31 bits per heavy atom. The third kappa shape index (κ3) is 18.6. The van der Waals surface area contributed by atoms with Crippen LogP contribution in [0.4, 0.5) is 0 Å². The van der Waals surface area contributed by atoms with Crippen molar-refractivity contribution in [3.63, 3.8) is 0 Å². The smallest absolute Gasteiger partial charge is 0.374 e. The van der Waals surface area contributed by atoms with Gasteiger partial charge in [0.05, 0.1) is 0 Å².